The first-order chi connectivity index (χ1) is 13.5. The molecule has 1 unspecified atom stereocenters. The molecule has 1 aliphatic carbocycles. The van der Waals surface area contributed by atoms with Crippen LogP contribution in [0.4, 0.5) is 0 Å². The van der Waals surface area contributed by atoms with Gasteiger partial charge in [0.15, 0.2) is 0 Å². The molecule has 0 spiro atoms. The van der Waals surface area contributed by atoms with Crippen LogP contribution in [0.1, 0.15) is 37.7 Å². The number of amides is 2. The summed E-state index contributed by atoms with van der Waals surface area (Å²) in [6, 6.07) is 8.09. The Morgan fingerprint density at radius 3 is 2.32 bits per heavy atom. The minimum Gasteiger partial charge on any atom is -0.353 e. The third-order valence-electron chi connectivity index (χ3n) is 7.08. The highest BCUT2D eigenvalue weighted by molar-refractivity contribution is 6.30. The Hall–Kier alpha value is -1.59. The number of fused-ring (bicyclic) bond motifs is 3. The van der Waals surface area contributed by atoms with E-state index in [1.54, 1.807) is 0 Å². The van der Waals surface area contributed by atoms with Gasteiger partial charge in [0, 0.05) is 24.2 Å². The second-order valence-electron chi connectivity index (χ2n) is 9.26. The van der Waals surface area contributed by atoms with Crippen LogP contribution < -0.4 is 5.32 Å². The Labute approximate surface area is 171 Å². The molecule has 5 aliphatic rings. The van der Waals surface area contributed by atoms with Gasteiger partial charge >= 0.3 is 0 Å². The van der Waals surface area contributed by atoms with E-state index in [0.717, 1.165) is 37.9 Å². The lowest BCUT2D eigenvalue weighted by Crippen LogP contribution is -2.69. The van der Waals surface area contributed by atoms with E-state index < -0.39 is 5.41 Å². The van der Waals surface area contributed by atoms with E-state index in [4.69, 9.17) is 11.6 Å². The first-order valence-electron chi connectivity index (χ1n) is 10.6. The largest absolute Gasteiger partial charge is 0.353 e. The fraction of sp³-hybridized carbons (Fsp3) is 0.636. The second-order valence-corrected chi connectivity index (χ2v) is 9.69. The number of carbonyl (C=O) groups excluding carboxylic acids is 2. The van der Waals surface area contributed by atoms with Crippen molar-refractivity contribution in [2.24, 2.45) is 11.3 Å². The van der Waals surface area contributed by atoms with Gasteiger partial charge in [0.25, 0.3) is 0 Å². The third kappa shape index (κ3) is 3.43. The normalized spacial score (nSPS) is 30.6. The molecule has 4 saturated heterocycles. The van der Waals surface area contributed by atoms with Gasteiger partial charge in [0.05, 0.1) is 11.5 Å². The molecule has 4 heterocycles. The number of piperidine rings is 3. The Balaban J connectivity index is 1.29. The third-order valence-corrected chi connectivity index (χ3v) is 7.33. The summed E-state index contributed by atoms with van der Waals surface area (Å²) in [7, 11) is 0. The van der Waals surface area contributed by atoms with E-state index in [0.29, 0.717) is 36.5 Å². The number of carbonyl (C=O) groups is 2. The Morgan fingerprint density at radius 2 is 1.75 bits per heavy atom. The molecule has 28 heavy (non-hydrogen) atoms. The lowest BCUT2D eigenvalue weighted by molar-refractivity contribution is -0.160. The minimum absolute atomic E-state index is 0.0347. The second kappa shape index (κ2) is 7.03. The van der Waals surface area contributed by atoms with Gasteiger partial charge in [-0.05, 0) is 75.2 Å². The predicted molar refractivity (Wildman–Crippen MR) is 108 cm³/mol. The van der Waals surface area contributed by atoms with Gasteiger partial charge in [-0.25, -0.2) is 0 Å². The van der Waals surface area contributed by atoms with Gasteiger partial charge in [-0.3, -0.25) is 14.5 Å². The highest BCUT2D eigenvalue weighted by Crippen LogP contribution is 2.39. The summed E-state index contributed by atoms with van der Waals surface area (Å²) in [4.78, 5) is 30.5. The van der Waals surface area contributed by atoms with E-state index in [9.17, 15) is 9.59 Å². The average molecular weight is 402 g/mol. The molecule has 1 aromatic carbocycles. The van der Waals surface area contributed by atoms with E-state index in [1.807, 2.05) is 29.2 Å². The van der Waals surface area contributed by atoms with Crippen molar-refractivity contribution in [2.75, 3.05) is 26.2 Å². The van der Waals surface area contributed by atoms with Crippen LogP contribution in [-0.2, 0) is 16.0 Å². The molecule has 1 atom stereocenters. The lowest BCUT2D eigenvalue weighted by atomic mass is 9.73. The summed E-state index contributed by atoms with van der Waals surface area (Å²) < 4.78 is 0. The van der Waals surface area contributed by atoms with Crippen LogP contribution in [0.2, 0.25) is 5.02 Å². The summed E-state index contributed by atoms with van der Waals surface area (Å²) in [5.41, 5.74) is 0.595. The molecule has 0 aromatic heterocycles. The van der Waals surface area contributed by atoms with Gasteiger partial charge in [-0.15, -0.1) is 0 Å². The number of nitrogens with one attached hydrogen (secondary N) is 1. The molecule has 1 N–H and O–H groups in total. The Bertz CT molecular complexity index is 762. The maximum atomic E-state index is 13.1. The van der Waals surface area contributed by atoms with Gasteiger partial charge < -0.3 is 10.2 Å². The van der Waals surface area contributed by atoms with Crippen molar-refractivity contribution < 1.29 is 9.59 Å². The number of rotatable bonds is 5. The van der Waals surface area contributed by atoms with Crippen molar-refractivity contribution >= 4 is 23.4 Å². The van der Waals surface area contributed by atoms with E-state index >= 15 is 0 Å². The Morgan fingerprint density at radius 1 is 1.07 bits per heavy atom. The topological polar surface area (TPSA) is 52.7 Å². The summed E-state index contributed by atoms with van der Waals surface area (Å²) in [5, 5.41) is 3.88. The molecule has 1 saturated carbocycles. The summed E-state index contributed by atoms with van der Waals surface area (Å²) >= 11 is 6.02. The zero-order valence-corrected chi connectivity index (χ0v) is 17.0. The van der Waals surface area contributed by atoms with E-state index in [2.05, 4.69) is 10.2 Å². The summed E-state index contributed by atoms with van der Waals surface area (Å²) in [6.45, 7) is 3.16. The van der Waals surface area contributed by atoms with Crippen molar-refractivity contribution in [3.8, 4) is 0 Å². The zero-order valence-electron chi connectivity index (χ0n) is 16.2. The summed E-state index contributed by atoms with van der Waals surface area (Å²) in [5.74, 6) is 1.05. The molecule has 150 valence electrons. The highest BCUT2D eigenvalue weighted by atomic mass is 35.5. The number of hydrogen-bond donors (Lipinski definition) is 1. The molecule has 0 radical (unpaired) electrons. The number of likely N-dealkylation sites (tertiary alicyclic amines) is 1. The fourth-order valence-electron chi connectivity index (χ4n) is 5.17. The van der Waals surface area contributed by atoms with Gasteiger partial charge in [0.1, 0.15) is 0 Å². The molecule has 6 rings (SSSR count). The highest BCUT2D eigenvalue weighted by Gasteiger charge is 2.53. The van der Waals surface area contributed by atoms with Crippen LogP contribution in [0.5, 0.6) is 0 Å². The van der Waals surface area contributed by atoms with Crippen molar-refractivity contribution in [3.05, 3.63) is 34.9 Å². The quantitative estimate of drug-likeness (QED) is 0.824. The maximum Gasteiger partial charge on any atom is 0.240 e. The molecule has 5 nitrogen and oxygen atoms in total. The van der Waals surface area contributed by atoms with Crippen molar-refractivity contribution in [1.82, 2.24) is 15.1 Å². The molecule has 4 aliphatic heterocycles. The standard InChI is InChI=1S/C22H28ClN3O2/c23-17-3-1-16(2-4-17)12-22(21(28)24-18-5-6-18)13-26(14-22)20(27)19-11-15-7-9-25(19)10-8-15/h1-4,15,18-19H,5-14H2,(H,24,28). The number of benzene rings is 1. The van der Waals surface area contributed by atoms with E-state index in [-0.39, 0.29) is 17.9 Å². The molecular formula is C22H28ClN3O2. The molecule has 6 heteroatoms. The SMILES string of the molecule is O=C(C1CC2CCN1CC2)N1CC(Cc2ccc(Cl)cc2)(C(=O)NC2CC2)C1. The van der Waals surface area contributed by atoms with Gasteiger partial charge in [-0.2, -0.15) is 0 Å². The smallest absolute Gasteiger partial charge is 0.240 e. The molecular weight excluding hydrogens is 374 g/mol. The lowest BCUT2D eigenvalue weighted by Gasteiger charge is -2.53. The molecule has 1 aromatic rings. The van der Waals surface area contributed by atoms with Crippen LogP contribution in [0, 0.1) is 11.3 Å². The van der Waals surface area contributed by atoms with Crippen molar-refractivity contribution in [1.29, 1.82) is 0 Å². The number of nitrogens with zero attached hydrogens (tertiary/aromatic N) is 2. The van der Waals surface area contributed by atoms with Crippen molar-refractivity contribution in [3.63, 3.8) is 0 Å². The first-order valence-corrected chi connectivity index (χ1v) is 11.0. The van der Waals surface area contributed by atoms with Crippen LogP contribution in [0.3, 0.4) is 0 Å². The van der Waals surface area contributed by atoms with E-state index in [1.165, 1.54) is 12.8 Å². The van der Waals surface area contributed by atoms with Gasteiger partial charge in [-0.1, -0.05) is 23.7 Å². The molecule has 5 fully saturated rings. The first kappa shape index (κ1) is 18.4. The minimum atomic E-state index is -0.505. The number of halogens is 1. The van der Waals surface area contributed by atoms with Crippen molar-refractivity contribution in [2.45, 2.75) is 50.6 Å². The number of hydrogen-bond acceptors (Lipinski definition) is 3. The Kier molecular flexibility index (Phi) is 4.63. The van der Waals surface area contributed by atoms with Crippen LogP contribution in [-0.4, -0.2) is 59.9 Å². The van der Waals surface area contributed by atoms with Gasteiger partial charge in [0.2, 0.25) is 11.8 Å². The average Bonchev–Trinajstić information content (AvgIpc) is 3.50. The molecule has 2 bridgehead atoms. The zero-order chi connectivity index (χ0) is 19.3. The fourth-order valence-corrected chi connectivity index (χ4v) is 5.29. The molecule has 2 amide bonds. The van der Waals surface area contributed by atoms with Crippen LogP contribution in [0.25, 0.3) is 0 Å². The van der Waals surface area contributed by atoms with Crippen LogP contribution in [0.15, 0.2) is 24.3 Å². The van der Waals surface area contributed by atoms with Crippen LogP contribution >= 0.6 is 11.6 Å². The monoisotopic (exact) mass is 401 g/mol. The summed E-state index contributed by atoms with van der Waals surface area (Å²) in [6.07, 6.45) is 6.26. The predicted octanol–water partition coefficient (Wildman–Crippen LogP) is 2.47. The maximum absolute atomic E-state index is 13.1.